The van der Waals surface area contributed by atoms with Crippen molar-refractivity contribution in [1.82, 2.24) is 4.90 Å². The Bertz CT molecular complexity index is 204. The van der Waals surface area contributed by atoms with Crippen LogP contribution in [0.1, 0.15) is 6.42 Å². The molecule has 0 bridgehead atoms. The Hall–Kier alpha value is -1.14. The van der Waals surface area contributed by atoms with Crippen LogP contribution in [0.4, 0.5) is 0 Å². The van der Waals surface area contributed by atoms with Gasteiger partial charge in [-0.2, -0.15) is 0 Å². The number of rotatable bonds is 4. The maximum atomic E-state index is 10.6. The van der Waals surface area contributed by atoms with Gasteiger partial charge in [-0.1, -0.05) is 0 Å². The molecule has 6 nitrogen and oxygen atoms in total. The average Bonchev–Trinajstić information content (AvgIpc) is 1.84. The fourth-order valence-electron chi connectivity index (χ4n) is 0.656. The number of carbonyl (C=O) groups is 2. The minimum absolute atomic E-state index is 0.630. The van der Waals surface area contributed by atoms with E-state index in [1.54, 1.807) is 0 Å². The van der Waals surface area contributed by atoms with E-state index < -0.39 is 24.0 Å². The number of hydrogen-bond acceptors (Lipinski definition) is 4. The molecule has 70 valence electrons. The molecule has 0 aliphatic carbocycles. The predicted molar refractivity (Wildman–Crippen MR) is 40.5 cm³/mol. The predicted octanol–water partition coefficient (Wildman–Crippen LogP) is -1.24. The standard InChI is InChI=1S/C6H12N2O4/c1-8(2)6(7,5(11)12)3-4(9)10/h3,7H2,1-2H3,(H,9,10)(H,11,12). The lowest BCUT2D eigenvalue weighted by atomic mass is 10.1. The lowest BCUT2D eigenvalue weighted by Crippen LogP contribution is -2.59. The van der Waals surface area contributed by atoms with Crippen LogP contribution in [0.2, 0.25) is 0 Å². The third kappa shape index (κ3) is 2.18. The molecule has 0 radical (unpaired) electrons. The highest BCUT2D eigenvalue weighted by molar-refractivity contribution is 5.84. The summed E-state index contributed by atoms with van der Waals surface area (Å²) in [6.45, 7) is 0. The van der Waals surface area contributed by atoms with Gasteiger partial charge in [0.1, 0.15) is 0 Å². The van der Waals surface area contributed by atoms with E-state index in [0.717, 1.165) is 4.90 Å². The molecule has 0 spiro atoms. The Kier molecular flexibility index (Phi) is 3.17. The van der Waals surface area contributed by atoms with Crippen molar-refractivity contribution in [2.24, 2.45) is 5.73 Å². The molecule has 4 N–H and O–H groups in total. The van der Waals surface area contributed by atoms with Crippen molar-refractivity contribution in [2.75, 3.05) is 14.1 Å². The molecule has 0 heterocycles. The van der Waals surface area contributed by atoms with Crippen molar-refractivity contribution < 1.29 is 19.8 Å². The fourth-order valence-corrected chi connectivity index (χ4v) is 0.656. The van der Waals surface area contributed by atoms with Crippen LogP contribution in [0, 0.1) is 0 Å². The molecule has 0 saturated heterocycles. The minimum Gasteiger partial charge on any atom is -0.481 e. The molecule has 0 aliphatic rings. The Morgan fingerprint density at radius 1 is 1.42 bits per heavy atom. The lowest BCUT2D eigenvalue weighted by Gasteiger charge is -2.29. The lowest BCUT2D eigenvalue weighted by molar-refractivity contribution is -0.156. The molecule has 1 unspecified atom stereocenters. The number of carboxylic acids is 2. The maximum Gasteiger partial charge on any atom is 0.339 e. The number of likely N-dealkylation sites (N-methyl/N-ethyl adjacent to an activating group) is 1. The van der Waals surface area contributed by atoms with Crippen LogP contribution in [0.5, 0.6) is 0 Å². The first-order valence-electron chi connectivity index (χ1n) is 3.22. The van der Waals surface area contributed by atoms with Crippen LogP contribution in [0.25, 0.3) is 0 Å². The van der Waals surface area contributed by atoms with Gasteiger partial charge in [0, 0.05) is 0 Å². The normalized spacial score (nSPS) is 15.7. The first-order valence-corrected chi connectivity index (χ1v) is 3.22. The third-order valence-electron chi connectivity index (χ3n) is 1.59. The van der Waals surface area contributed by atoms with Gasteiger partial charge in [0.15, 0.2) is 5.66 Å². The monoisotopic (exact) mass is 176 g/mol. The van der Waals surface area contributed by atoms with Crippen LogP contribution in [-0.4, -0.2) is 46.8 Å². The summed E-state index contributed by atoms with van der Waals surface area (Å²) in [5.41, 5.74) is 3.50. The highest BCUT2D eigenvalue weighted by Crippen LogP contribution is 2.09. The van der Waals surface area contributed by atoms with E-state index in [1.807, 2.05) is 0 Å². The second-order valence-corrected chi connectivity index (χ2v) is 2.69. The Morgan fingerprint density at radius 2 is 1.83 bits per heavy atom. The molecule has 0 aliphatic heterocycles. The van der Waals surface area contributed by atoms with Crippen molar-refractivity contribution in [3.05, 3.63) is 0 Å². The van der Waals surface area contributed by atoms with Crippen molar-refractivity contribution in [3.8, 4) is 0 Å². The summed E-state index contributed by atoms with van der Waals surface area (Å²) in [5, 5.41) is 17.0. The van der Waals surface area contributed by atoms with Crippen LogP contribution < -0.4 is 5.73 Å². The summed E-state index contributed by atoms with van der Waals surface area (Å²) in [5.74, 6) is -2.59. The van der Waals surface area contributed by atoms with Gasteiger partial charge < -0.3 is 15.9 Å². The Balaban J connectivity index is 4.62. The highest BCUT2D eigenvalue weighted by atomic mass is 16.4. The van der Waals surface area contributed by atoms with E-state index in [9.17, 15) is 9.59 Å². The smallest absolute Gasteiger partial charge is 0.339 e. The molecule has 12 heavy (non-hydrogen) atoms. The summed E-state index contributed by atoms with van der Waals surface area (Å²) in [6, 6.07) is 0. The first kappa shape index (κ1) is 10.9. The molecule has 0 saturated carbocycles. The fraction of sp³-hybridized carbons (Fsp3) is 0.667. The van der Waals surface area contributed by atoms with Crippen LogP contribution in [0.15, 0.2) is 0 Å². The van der Waals surface area contributed by atoms with E-state index in [2.05, 4.69) is 0 Å². The molecule has 0 aromatic heterocycles. The molecule has 0 aromatic carbocycles. The molecular formula is C6H12N2O4. The summed E-state index contributed by atoms with van der Waals surface area (Å²) >= 11 is 0. The summed E-state index contributed by atoms with van der Waals surface area (Å²) < 4.78 is 0. The van der Waals surface area contributed by atoms with Crippen molar-refractivity contribution in [1.29, 1.82) is 0 Å². The first-order chi connectivity index (χ1) is 5.30. The number of hydrogen-bond donors (Lipinski definition) is 3. The number of aliphatic carboxylic acids is 2. The molecule has 0 aromatic rings. The van der Waals surface area contributed by atoms with Gasteiger partial charge in [-0.05, 0) is 14.1 Å². The van der Waals surface area contributed by atoms with E-state index in [1.165, 1.54) is 14.1 Å². The van der Waals surface area contributed by atoms with Crippen molar-refractivity contribution in [2.45, 2.75) is 12.1 Å². The zero-order valence-electron chi connectivity index (χ0n) is 6.94. The molecule has 0 rings (SSSR count). The minimum atomic E-state index is -1.83. The quantitative estimate of drug-likeness (QED) is 0.463. The zero-order valence-corrected chi connectivity index (χ0v) is 6.94. The number of nitrogens with zero attached hydrogens (tertiary/aromatic N) is 1. The van der Waals surface area contributed by atoms with Gasteiger partial charge in [0.2, 0.25) is 0 Å². The summed E-state index contributed by atoms with van der Waals surface area (Å²) in [6.07, 6.45) is -0.630. The Morgan fingerprint density at radius 3 is 1.92 bits per heavy atom. The van der Waals surface area contributed by atoms with Gasteiger partial charge in [-0.25, -0.2) is 4.79 Å². The Labute approximate surface area is 69.6 Å². The van der Waals surface area contributed by atoms with Crippen LogP contribution in [-0.2, 0) is 9.59 Å². The van der Waals surface area contributed by atoms with Gasteiger partial charge in [-0.15, -0.1) is 0 Å². The molecule has 6 heteroatoms. The van der Waals surface area contributed by atoms with Crippen molar-refractivity contribution in [3.63, 3.8) is 0 Å². The molecule has 0 fully saturated rings. The number of nitrogens with two attached hydrogens (primary N) is 1. The topological polar surface area (TPSA) is 104 Å². The SMILES string of the molecule is CN(C)C(N)(CC(=O)O)C(=O)O. The average molecular weight is 176 g/mol. The van der Waals surface area contributed by atoms with Gasteiger partial charge in [0.05, 0.1) is 6.42 Å². The molecule has 1 atom stereocenters. The van der Waals surface area contributed by atoms with E-state index in [4.69, 9.17) is 15.9 Å². The largest absolute Gasteiger partial charge is 0.481 e. The second kappa shape index (κ2) is 3.51. The number of carboxylic acid groups (broad SMARTS) is 2. The van der Waals surface area contributed by atoms with E-state index in [0.29, 0.717) is 0 Å². The molecular weight excluding hydrogens is 164 g/mol. The van der Waals surface area contributed by atoms with Crippen LogP contribution >= 0.6 is 0 Å². The van der Waals surface area contributed by atoms with E-state index in [-0.39, 0.29) is 0 Å². The third-order valence-corrected chi connectivity index (χ3v) is 1.59. The van der Waals surface area contributed by atoms with Gasteiger partial charge in [0.25, 0.3) is 0 Å². The zero-order chi connectivity index (χ0) is 9.94. The van der Waals surface area contributed by atoms with Gasteiger partial charge >= 0.3 is 11.9 Å². The van der Waals surface area contributed by atoms with Gasteiger partial charge in [-0.3, -0.25) is 9.69 Å². The van der Waals surface area contributed by atoms with E-state index >= 15 is 0 Å². The maximum absolute atomic E-state index is 10.6. The highest BCUT2D eigenvalue weighted by Gasteiger charge is 2.38. The second-order valence-electron chi connectivity index (χ2n) is 2.69. The van der Waals surface area contributed by atoms with Crippen LogP contribution in [0.3, 0.4) is 0 Å². The molecule has 0 amide bonds. The summed E-state index contributed by atoms with van der Waals surface area (Å²) in [7, 11) is 2.83. The van der Waals surface area contributed by atoms with Crippen molar-refractivity contribution >= 4 is 11.9 Å². The summed E-state index contributed by atoms with van der Waals surface area (Å²) in [4.78, 5) is 22.0.